The van der Waals surface area contributed by atoms with Crippen LogP contribution in [0.1, 0.15) is 15.5 Å². The van der Waals surface area contributed by atoms with Crippen LogP contribution in [0.2, 0.25) is 0 Å². The van der Waals surface area contributed by atoms with Crippen LogP contribution >= 0.6 is 22.9 Å². The first-order valence-corrected chi connectivity index (χ1v) is 6.27. The number of thiazole rings is 1. The van der Waals surface area contributed by atoms with Crippen LogP contribution in [0.25, 0.3) is 0 Å². The van der Waals surface area contributed by atoms with Crippen LogP contribution in [-0.4, -0.2) is 35.2 Å². The molecule has 2 amide bonds. The standard InChI is InChI=1S/C10H12ClN3O3S/c1-6(11)4-13-10(17)12-3-2-8-14-7(5-18-8)9(15)16/h5H,1-4H2,(H,15,16)(H2,12,13,17). The molecule has 0 aromatic carbocycles. The van der Waals surface area contributed by atoms with Crippen LogP contribution in [0.3, 0.4) is 0 Å². The number of hydrogen-bond donors (Lipinski definition) is 3. The van der Waals surface area contributed by atoms with Gasteiger partial charge in [0, 0.05) is 23.4 Å². The third-order valence-corrected chi connectivity index (χ3v) is 2.88. The Morgan fingerprint density at radius 3 is 2.78 bits per heavy atom. The lowest BCUT2D eigenvalue weighted by molar-refractivity contribution is 0.0691. The number of halogens is 1. The highest BCUT2D eigenvalue weighted by molar-refractivity contribution is 7.09. The fraction of sp³-hybridized carbons (Fsp3) is 0.300. The molecule has 0 radical (unpaired) electrons. The molecule has 0 unspecified atom stereocenters. The van der Waals surface area contributed by atoms with Gasteiger partial charge in [-0.3, -0.25) is 0 Å². The van der Waals surface area contributed by atoms with Crippen molar-refractivity contribution in [2.24, 2.45) is 0 Å². The normalized spacial score (nSPS) is 9.83. The molecule has 1 rings (SSSR count). The largest absolute Gasteiger partial charge is 0.476 e. The third-order valence-electron chi connectivity index (χ3n) is 1.84. The van der Waals surface area contributed by atoms with E-state index in [0.717, 1.165) is 0 Å². The quantitative estimate of drug-likeness (QED) is 0.739. The molecule has 0 spiro atoms. The van der Waals surface area contributed by atoms with Crippen molar-refractivity contribution in [2.45, 2.75) is 6.42 Å². The van der Waals surface area contributed by atoms with Gasteiger partial charge in [-0.1, -0.05) is 18.2 Å². The van der Waals surface area contributed by atoms with E-state index in [2.05, 4.69) is 22.2 Å². The van der Waals surface area contributed by atoms with Gasteiger partial charge >= 0.3 is 12.0 Å². The van der Waals surface area contributed by atoms with Crippen LogP contribution in [-0.2, 0) is 6.42 Å². The van der Waals surface area contributed by atoms with Crippen LogP contribution in [0, 0.1) is 0 Å². The van der Waals surface area contributed by atoms with Gasteiger partial charge in [-0.05, 0) is 0 Å². The maximum Gasteiger partial charge on any atom is 0.355 e. The molecule has 0 fully saturated rings. The molecule has 0 aliphatic carbocycles. The van der Waals surface area contributed by atoms with Crippen molar-refractivity contribution in [1.29, 1.82) is 0 Å². The van der Waals surface area contributed by atoms with E-state index in [4.69, 9.17) is 16.7 Å². The van der Waals surface area contributed by atoms with Gasteiger partial charge in [0.1, 0.15) is 0 Å². The molecule has 0 atom stereocenters. The van der Waals surface area contributed by atoms with E-state index in [-0.39, 0.29) is 18.3 Å². The number of aromatic nitrogens is 1. The second-order valence-electron chi connectivity index (χ2n) is 3.31. The Kier molecular flexibility index (Phi) is 5.60. The highest BCUT2D eigenvalue weighted by Crippen LogP contribution is 2.09. The SMILES string of the molecule is C=C(Cl)CNC(=O)NCCc1nc(C(=O)O)cs1. The molecule has 0 saturated carbocycles. The van der Waals surface area contributed by atoms with Gasteiger partial charge in [-0.15, -0.1) is 11.3 Å². The summed E-state index contributed by atoms with van der Waals surface area (Å²) in [6, 6.07) is -0.355. The van der Waals surface area contributed by atoms with Crippen molar-refractivity contribution in [3.05, 3.63) is 27.7 Å². The minimum absolute atomic E-state index is 0.0258. The molecule has 0 aliphatic rings. The second kappa shape index (κ2) is 6.97. The Bertz CT molecular complexity index is 461. The molecule has 0 aliphatic heterocycles. The number of urea groups is 1. The molecule has 0 bridgehead atoms. The van der Waals surface area contributed by atoms with Crippen LogP contribution < -0.4 is 10.6 Å². The molecule has 18 heavy (non-hydrogen) atoms. The van der Waals surface area contributed by atoms with E-state index >= 15 is 0 Å². The molecule has 1 aromatic rings. The molecule has 8 heteroatoms. The fourth-order valence-corrected chi connectivity index (χ4v) is 1.88. The van der Waals surface area contributed by atoms with E-state index in [1.807, 2.05) is 0 Å². The lowest BCUT2D eigenvalue weighted by atomic mass is 10.4. The highest BCUT2D eigenvalue weighted by Gasteiger charge is 2.08. The molecular formula is C10H12ClN3O3S. The zero-order chi connectivity index (χ0) is 13.5. The van der Waals surface area contributed by atoms with E-state index in [9.17, 15) is 9.59 Å². The van der Waals surface area contributed by atoms with Crippen molar-refractivity contribution in [3.8, 4) is 0 Å². The molecule has 3 N–H and O–H groups in total. The van der Waals surface area contributed by atoms with E-state index < -0.39 is 5.97 Å². The summed E-state index contributed by atoms with van der Waals surface area (Å²) in [6.07, 6.45) is 0.479. The summed E-state index contributed by atoms with van der Waals surface area (Å²) in [5.74, 6) is -1.05. The number of aromatic carboxylic acids is 1. The molecule has 1 aromatic heterocycles. The Morgan fingerprint density at radius 1 is 1.50 bits per heavy atom. The van der Waals surface area contributed by atoms with Crippen LogP contribution in [0.5, 0.6) is 0 Å². The van der Waals surface area contributed by atoms with E-state index in [1.54, 1.807) is 0 Å². The summed E-state index contributed by atoms with van der Waals surface area (Å²) < 4.78 is 0. The van der Waals surface area contributed by atoms with Crippen molar-refractivity contribution >= 4 is 34.9 Å². The van der Waals surface area contributed by atoms with Crippen LogP contribution in [0.15, 0.2) is 17.0 Å². The maximum absolute atomic E-state index is 11.2. The fourth-order valence-electron chi connectivity index (χ4n) is 1.05. The summed E-state index contributed by atoms with van der Waals surface area (Å²) >= 11 is 6.73. The smallest absolute Gasteiger partial charge is 0.355 e. The molecule has 1 heterocycles. The summed E-state index contributed by atoms with van der Waals surface area (Å²) in [7, 11) is 0. The van der Waals surface area contributed by atoms with Gasteiger partial charge in [0.05, 0.1) is 11.6 Å². The lowest BCUT2D eigenvalue weighted by Crippen LogP contribution is -2.37. The average Bonchev–Trinajstić information content (AvgIpc) is 2.75. The Morgan fingerprint density at radius 2 is 2.22 bits per heavy atom. The number of carboxylic acid groups (broad SMARTS) is 1. The van der Waals surface area contributed by atoms with Gasteiger partial charge in [0.25, 0.3) is 0 Å². The topological polar surface area (TPSA) is 91.3 Å². The van der Waals surface area contributed by atoms with Gasteiger partial charge in [-0.25, -0.2) is 14.6 Å². The van der Waals surface area contributed by atoms with Crippen molar-refractivity contribution in [2.75, 3.05) is 13.1 Å². The Labute approximate surface area is 113 Å². The average molecular weight is 290 g/mol. The van der Waals surface area contributed by atoms with Crippen molar-refractivity contribution in [1.82, 2.24) is 15.6 Å². The lowest BCUT2D eigenvalue weighted by Gasteiger charge is -2.05. The first-order valence-electron chi connectivity index (χ1n) is 5.01. The Balaban J connectivity index is 2.26. The zero-order valence-electron chi connectivity index (χ0n) is 9.40. The monoisotopic (exact) mass is 289 g/mol. The number of carboxylic acids is 1. The van der Waals surface area contributed by atoms with Crippen molar-refractivity contribution < 1.29 is 14.7 Å². The number of carbonyl (C=O) groups is 2. The first kappa shape index (κ1) is 14.5. The summed E-state index contributed by atoms with van der Waals surface area (Å²) in [5.41, 5.74) is 0.0258. The number of rotatable bonds is 6. The van der Waals surface area contributed by atoms with Crippen molar-refractivity contribution in [3.63, 3.8) is 0 Å². The predicted octanol–water partition coefficient (Wildman–Crippen LogP) is 1.44. The highest BCUT2D eigenvalue weighted by atomic mass is 35.5. The molecule has 0 saturated heterocycles. The van der Waals surface area contributed by atoms with Crippen LogP contribution in [0.4, 0.5) is 4.79 Å². The molecule has 98 valence electrons. The Hall–Kier alpha value is -1.60. The number of nitrogens with one attached hydrogen (secondary N) is 2. The maximum atomic E-state index is 11.2. The zero-order valence-corrected chi connectivity index (χ0v) is 11.0. The minimum atomic E-state index is -1.05. The summed E-state index contributed by atoms with van der Waals surface area (Å²) in [5, 5.41) is 16.2. The summed E-state index contributed by atoms with van der Waals surface area (Å²) in [4.78, 5) is 25.7. The molecular weight excluding hydrogens is 278 g/mol. The number of hydrogen-bond acceptors (Lipinski definition) is 4. The predicted molar refractivity (Wildman–Crippen MR) is 69.2 cm³/mol. The van der Waals surface area contributed by atoms with E-state index in [1.165, 1.54) is 16.7 Å². The first-order chi connectivity index (χ1) is 8.49. The van der Waals surface area contributed by atoms with Gasteiger partial charge in [0.2, 0.25) is 0 Å². The van der Waals surface area contributed by atoms with Gasteiger partial charge in [-0.2, -0.15) is 0 Å². The number of amides is 2. The third kappa shape index (κ3) is 5.15. The number of carbonyl (C=O) groups excluding carboxylic acids is 1. The summed E-state index contributed by atoms with van der Waals surface area (Å²) in [6.45, 7) is 4.00. The molecule has 6 nitrogen and oxygen atoms in total. The van der Waals surface area contributed by atoms with E-state index in [0.29, 0.717) is 23.0 Å². The second-order valence-corrected chi connectivity index (χ2v) is 4.79. The minimum Gasteiger partial charge on any atom is -0.476 e. The number of nitrogens with zero attached hydrogens (tertiary/aromatic N) is 1. The van der Waals surface area contributed by atoms with Gasteiger partial charge < -0.3 is 15.7 Å². The van der Waals surface area contributed by atoms with Gasteiger partial charge in [0.15, 0.2) is 5.69 Å².